The first-order valence-corrected chi connectivity index (χ1v) is 9.55. The van der Waals surface area contributed by atoms with E-state index in [0.29, 0.717) is 30.2 Å². The molecule has 1 aliphatic rings. The molecule has 0 aliphatic heterocycles. The summed E-state index contributed by atoms with van der Waals surface area (Å²) >= 11 is 6.90. The van der Waals surface area contributed by atoms with Gasteiger partial charge in [-0.25, -0.2) is 0 Å². The molecule has 2 N–H and O–H groups in total. The summed E-state index contributed by atoms with van der Waals surface area (Å²) in [7, 11) is 0. The second-order valence-corrected chi connectivity index (χ2v) is 7.47. The Morgan fingerprint density at radius 2 is 2.24 bits per heavy atom. The van der Waals surface area contributed by atoms with Gasteiger partial charge in [-0.15, -0.1) is 11.3 Å². The molecule has 25 heavy (non-hydrogen) atoms. The van der Waals surface area contributed by atoms with Crippen LogP contribution in [0.4, 0.5) is 0 Å². The van der Waals surface area contributed by atoms with Gasteiger partial charge in [0.05, 0.1) is 4.88 Å². The Hall–Kier alpha value is -2.25. The fourth-order valence-electron chi connectivity index (χ4n) is 3.20. The van der Waals surface area contributed by atoms with Crippen LogP contribution < -0.4 is 5.32 Å². The van der Waals surface area contributed by atoms with Crippen molar-refractivity contribution in [1.29, 1.82) is 0 Å². The molecular weight excluding hydrogens is 352 g/mol. The van der Waals surface area contributed by atoms with Gasteiger partial charge < -0.3 is 5.32 Å². The Kier molecular flexibility index (Phi) is 4.50. The van der Waals surface area contributed by atoms with Crippen molar-refractivity contribution < 1.29 is 4.79 Å². The van der Waals surface area contributed by atoms with Crippen molar-refractivity contribution >= 4 is 29.5 Å². The molecule has 2 heterocycles. The van der Waals surface area contributed by atoms with Gasteiger partial charge in [-0.2, -0.15) is 5.10 Å². The molecule has 2 aromatic heterocycles. The van der Waals surface area contributed by atoms with Crippen molar-refractivity contribution in [1.82, 2.24) is 20.1 Å². The summed E-state index contributed by atoms with van der Waals surface area (Å²) in [6.07, 6.45) is 1.44. The van der Waals surface area contributed by atoms with E-state index in [9.17, 15) is 4.79 Å². The van der Waals surface area contributed by atoms with E-state index in [1.165, 1.54) is 11.1 Å². The Bertz CT molecular complexity index is 942. The summed E-state index contributed by atoms with van der Waals surface area (Å²) in [5.74, 6) is 1.28. The first-order chi connectivity index (χ1) is 12.2. The van der Waals surface area contributed by atoms with Gasteiger partial charge in [0.1, 0.15) is 0 Å². The average Bonchev–Trinajstić information content (AvgIpc) is 3.23. The number of aromatic nitrogens is 3. The highest BCUT2D eigenvalue weighted by atomic mass is 32.1. The van der Waals surface area contributed by atoms with Crippen LogP contribution in [0.15, 0.2) is 41.8 Å². The monoisotopic (exact) mass is 370 g/mol. The van der Waals surface area contributed by atoms with Gasteiger partial charge in [0.15, 0.2) is 10.6 Å². The van der Waals surface area contributed by atoms with Crippen molar-refractivity contribution in [3.8, 4) is 10.7 Å². The number of aromatic amines is 1. The van der Waals surface area contributed by atoms with Gasteiger partial charge in [-0.05, 0) is 41.2 Å². The van der Waals surface area contributed by atoms with E-state index in [-0.39, 0.29) is 5.91 Å². The Morgan fingerprint density at radius 3 is 3.04 bits per heavy atom. The van der Waals surface area contributed by atoms with Crippen molar-refractivity contribution in [2.24, 2.45) is 0 Å². The first kappa shape index (κ1) is 16.2. The third kappa shape index (κ3) is 3.29. The third-order valence-corrected chi connectivity index (χ3v) is 5.75. The number of rotatable bonds is 6. The fourth-order valence-corrected chi connectivity index (χ4v) is 4.15. The Labute approximate surface area is 154 Å². The van der Waals surface area contributed by atoms with Crippen LogP contribution in [0.5, 0.6) is 0 Å². The molecule has 1 atom stereocenters. The van der Waals surface area contributed by atoms with Crippen LogP contribution >= 0.6 is 23.6 Å². The molecule has 0 radical (unpaired) electrons. The molecule has 0 spiro atoms. The minimum absolute atomic E-state index is 0.0459. The molecule has 0 bridgehead atoms. The maximum Gasteiger partial charge on any atom is 0.221 e. The molecule has 1 aliphatic carbocycles. The summed E-state index contributed by atoms with van der Waals surface area (Å²) in [6.45, 7) is 1.22. The van der Waals surface area contributed by atoms with Crippen LogP contribution in [0, 0.1) is 4.77 Å². The standard InChI is InChI=1S/C18H18N4OS2/c23-16(19-11-13-10-12-4-1-2-5-14(12)13)7-8-22-17(20-21-18(22)24)15-6-3-9-25-15/h1-6,9,13H,7-8,10-11H2,(H,19,23)(H,21,24)/t13-/m0/s1. The molecule has 0 fully saturated rings. The molecular formula is C18H18N4OS2. The van der Waals surface area contributed by atoms with Gasteiger partial charge in [-0.3, -0.25) is 14.5 Å². The van der Waals surface area contributed by atoms with Crippen LogP contribution in [0.2, 0.25) is 0 Å². The van der Waals surface area contributed by atoms with E-state index in [1.807, 2.05) is 22.1 Å². The minimum Gasteiger partial charge on any atom is -0.355 e. The first-order valence-electron chi connectivity index (χ1n) is 8.26. The Balaban J connectivity index is 1.33. The number of fused-ring (bicyclic) bond motifs is 1. The number of H-pyrrole nitrogens is 1. The number of carbonyl (C=O) groups excluding carboxylic acids is 1. The average molecular weight is 371 g/mol. The second kappa shape index (κ2) is 6.93. The lowest BCUT2D eigenvalue weighted by molar-refractivity contribution is -0.121. The van der Waals surface area contributed by atoms with Gasteiger partial charge in [-0.1, -0.05) is 30.3 Å². The summed E-state index contributed by atoms with van der Waals surface area (Å²) < 4.78 is 2.43. The van der Waals surface area contributed by atoms with Crippen LogP contribution in [0.25, 0.3) is 10.7 Å². The molecule has 0 saturated heterocycles. The molecule has 7 heteroatoms. The van der Waals surface area contributed by atoms with E-state index in [4.69, 9.17) is 12.2 Å². The van der Waals surface area contributed by atoms with Crippen molar-refractivity contribution in [2.75, 3.05) is 6.54 Å². The second-order valence-electron chi connectivity index (χ2n) is 6.14. The lowest BCUT2D eigenvalue weighted by atomic mass is 9.77. The number of hydrogen-bond acceptors (Lipinski definition) is 4. The maximum absolute atomic E-state index is 12.2. The number of nitrogens with zero attached hydrogens (tertiary/aromatic N) is 2. The highest BCUT2D eigenvalue weighted by Crippen LogP contribution is 2.34. The minimum atomic E-state index is 0.0459. The Morgan fingerprint density at radius 1 is 1.36 bits per heavy atom. The molecule has 1 amide bonds. The molecule has 128 valence electrons. The number of nitrogens with one attached hydrogen (secondary N) is 2. The smallest absolute Gasteiger partial charge is 0.221 e. The predicted octanol–water partition coefficient (Wildman–Crippen LogP) is 3.52. The van der Waals surface area contributed by atoms with Crippen LogP contribution in [-0.4, -0.2) is 27.2 Å². The number of amides is 1. The molecule has 0 saturated carbocycles. The van der Waals surface area contributed by atoms with Crippen molar-refractivity contribution in [2.45, 2.75) is 25.3 Å². The van der Waals surface area contributed by atoms with Gasteiger partial charge in [0, 0.05) is 25.4 Å². The van der Waals surface area contributed by atoms with E-state index >= 15 is 0 Å². The lowest BCUT2D eigenvalue weighted by Crippen LogP contribution is -2.33. The number of hydrogen-bond donors (Lipinski definition) is 2. The number of thiophene rings is 1. The quantitative estimate of drug-likeness (QED) is 0.653. The summed E-state index contributed by atoms with van der Waals surface area (Å²) in [5.41, 5.74) is 2.76. The zero-order valence-electron chi connectivity index (χ0n) is 13.6. The largest absolute Gasteiger partial charge is 0.355 e. The topological polar surface area (TPSA) is 62.7 Å². The van der Waals surface area contributed by atoms with Gasteiger partial charge >= 0.3 is 0 Å². The highest BCUT2D eigenvalue weighted by molar-refractivity contribution is 7.71. The lowest BCUT2D eigenvalue weighted by Gasteiger charge is -2.30. The molecule has 4 rings (SSSR count). The molecule has 3 aromatic rings. The number of carbonyl (C=O) groups is 1. The van der Waals surface area contributed by atoms with E-state index in [1.54, 1.807) is 11.3 Å². The molecule has 5 nitrogen and oxygen atoms in total. The zero-order chi connectivity index (χ0) is 17.2. The van der Waals surface area contributed by atoms with E-state index in [0.717, 1.165) is 17.1 Å². The van der Waals surface area contributed by atoms with Gasteiger partial charge in [0.2, 0.25) is 5.91 Å². The predicted molar refractivity (Wildman–Crippen MR) is 101 cm³/mol. The summed E-state index contributed by atoms with van der Waals surface area (Å²) in [5, 5.41) is 12.1. The van der Waals surface area contributed by atoms with Crippen molar-refractivity contribution in [3.63, 3.8) is 0 Å². The third-order valence-electron chi connectivity index (χ3n) is 4.57. The van der Waals surface area contributed by atoms with Crippen molar-refractivity contribution in [3.05, 3.63) is 57.7 Å². The normalized spacial score (nSPS) is 15.4. The number of benzene rings is 1. The molecule has 1 aromatic carbocycles. The SMILES string of the molecule is O=C(CCn1c(-c2cccs2)n[nH]c1=S)NC[C@@H]1Cc2ccccc21. The van der Waals surface area contributed by atoms with E-state index in [2.05, 4.69) is 39.8 Å². The summed E-state index contributed by atoms with van der Waals surface area (Å²) in [6, 6.07) is 12.4. The maximum atomic E-state index is 12.2. The summed E-state index contributed by atoms with van der Waals surface area (Å²) in [4.78, 5) is 13.3. The van der Waals surface area contributed by atoms with Crippen LogP contribution in [-0.2, 0) is 17.8 Å². The van der Waals surface area contributed by atoms with Crippen LogP contribution in [0.3, 0.4) is 0 Å². The highest BCUT2D eigenvalue weighted by Gasteiger charge is 2.25. The fraction of sp³-hybridized carbons (Fsp3) is 0.278. The van der Waals surface area contributed by atoms with Crippen LogP contribution in [0.1, 0.15) is 23.5 Å². The molecule has 0 unspecified atom stereocenters. The zero-order valence-corrected chi connectivity index (χ0v) is 15.2. The van der Waals surface area contributed by atoms with Gasteiger partial charge in [0.25, 0.3) is 0 Å². The van der Waals surface area contributed by atoms with E-state index < -0.39 is 0 Å².